The molecule has 114 valence electrons. The molecule has 2 rings (SSSR count). The third kappa shape index (κ3) is 3.75. The lowest BCUT2D eigenvalue weighted by Gasteiger charge is -2.33. The third-order valence-electron chi connectivity index (χ3n) is 3.44. The third-order valence-corrected chi connectivity index (χ3v) is 4.06. The number of rotatable bonds is 5. The summed E-state index contributed by atoms with van der Waals surface area (Å²) in [7, 11) is 1.61. The van der Waals surface area contributed by atoms with Gasteiger partial charge in [-0.2, -0.15) is 0 Å². The zero-order valence-electron chi connectivity index (χ0n) is 12.3. The Kier molecular flexibility index (Phi) is 5.22. The van der Waals surface area contributed by atoms with Gasteiger partial charge in [-0.1, -0.05) is 13.0 Å². The normalized spacial score (nSPS) is 15.6. The number of ether oxygens (including phenoxy) is 1. The van der Waals surface area contributed by atoms with E-state index in [1.54, 1.807) is 16.9 Å². The second-order valence-electron chi connectivity index (χ2n) is 5.03. The lowest BCUT2D eigenvalue weighted by atomic mass is 10.2. The topological polar surface area (TPSA) is 49.9 Å². The average Bonchev–Trinajstić information content (AvgIpc) is 2.45. The molecule has 1 aliphatic rings. The fraction of sp³-hybridized carbons (Fsp3) is 0.467. The second-order valence-corrected chi connectivity index (χ2v) is 5.89. The highest BCUT2D eigenvalue weighted by molar-refractivity contribution is 9.10. The molecule has 2 amide bonds. The molecule has 0 bridgehead atoms. The number of carbonyl (C=O) groups excluding carboxylic acids is 2. The predicted octanol–water partition coefficient (Wildman–Crippen LogP) is 2.04. The molecule has 1 fully saturated rings. The summed E-state index contributed by atoms with van der Waals surface area (Å²) in [6.45, 7) is 3.42. The Morgan fingerprint density at radius 3 is 2.48 bits per heavy atom. The highest BCUT2D eigenvalue weighted by atomic mass is 79.9. The van der Waals surface area contributed by atoms with E-state index in [1.807, 2.05) is 25.1 Å². The maximum atomic E-state index is 12.1. The molecule has 5 nitrogen and oxygen atoms in total. The van der Waals surface area contributed by atoms with Crippen molar-refractivity contribution in [1.29, 1.82) is 0 Å². The standard InChI is InChI=1S/C15H19BrN2O3/c1-3-6-17-9-15(20)18(10-14(17)19)8-11-4-5-13(21-2)12(16)7-11/h4-5,7H,3,6,8-10H2,1-2H3. The van der Waals surface area contributed by atoms with Crippen LogP contribution in [-0.4, -0.2) is 48.4 Å². The maximum absolute atomic E-state index is 12.1. The lowest BCUT2D eigenvalue weighted by Crippen LogP contribution is -2.53. The van der Waals surface area contributed by atoms with E-state index < -0.39 is 0 Å². The molecule has 0 N–H and O–H groups in total. The summed E-state index contributed by atoms with van der Waals surface area (Å²) < 4.78 is 6.02. The number of carbonyl (C=O) groups is 2. The first-order valence-electron chi connectivity index (χ1n) is 6.93. The molecule has 1 aromatic rings. The number of halogens is 1. The fourth-order valence-electron chi connectivity index (χ4n) is 2.35. The first-order valence-corrected chi connectivity index (χ1v) is 7.72. The molecule has 0 spiro atoms. The van der Waals surface area contributed by atoms with Crippen molar-refractivity contribution in [3.8, 4) is 5.75 Å². The predicted molar refractivity (Wildman–Crippen MR) is 83.0 cm³/mol. The Bertz CT molecular complexity index is 548. The SMILES string of the molecule is CCCN1CC(=O)N(Cc2ccc(OC)c(Br)c2)CC1=O. The van der Waals surface area contributed by atoms with E-state index in [9.17, 15) is 9.59 Å². The molecule has 1 aliphatic heterocycles. The molecule has 1 saturated heterocycles. The van der Waals surface area contributed by atoms with Gasteiger partial charge in [-0.15, -0.1) is 0 Å². The van der Waals surface area contributed by atoms with Crippen LogP contribution in [0.2, 0.25) is 0 Å². The molecule has 6 heteroatoms. The largest absolute Gasteiger partial charge is 0.496 e. The van der Waals surface area contributed by atoms with Crippen LogP contribution in [0.4, 0.5) is 0 Å². The van der Waals surface area contributed by atoms with Gasteiger partial charge in [0.2, 0.25) is 11.8 Å². The minimum Gasteiger partial charge on any atom is -0.496 e. The molecule has 0 saturated carbocycles. The maximum Gasteiger partial charge on any atom is 0.242 e. The average molecular weight is 355 g/mol. The van der Waals surface area contributed by atoms with E-state index in [4.69, 9.17) is 4.74 Å². The number of hydrogen-bond acceptors (Lipinski definition) is 3. The minimum absolute atomic E-state index is 0.00464. The summed E-state index contributed by atoms with van der Waals surface area (Å²) in [6, 6.07) is 5.66. The molecule has 0 unspecified atom stereocenters. The Hall–Kier alpha value is -1.56. The van der Waals surface area contributed by atoms with Gasteiger partial charge in [0, 0.05) is 13.1 Å². The van der Waals surface area contributed by atoms with Crippen LogP contribution < -0.4 is 4.74 Å². The van der Waals surface area contributed by atoms with Crippen molar-refractivity contribution in [3.63, 3.8) is 0 Å². The summed E-state index contributed by atoms with van der Waals surface area (Å²) in [5.74, 6) is 0.757. The van der Waals surface area contributed by atoms with Crippen LogP contribution in [0.3, 0.4) is 0 Å². The van der Waals surface area contributed by atoms with Crippen molar-refractivity contribution in [1.82, 2.24) is 9.80 Å². The molecular weight excluding hydrogens is 336 g/mol. The summed E-state index contributed by atoms with van der Waals surface area (Å²) >= 11 is 3.43. The second kappa shape index (κ2) is 6.93. The molecule has 0 aromatic heterocycles. The first-order chi connectivity index (χ1) is 10.0. The van der Waals surface area contributed by atoms with Crippen LogP contribution in [0.5, 0.6) is 5.75 Å². The van der Waals surface area contributed by atoms with Crippen LogP contribution in [0.1, 0.15) is 18.9 Å². The Labute approximate surface area is 133 Å². The minimum atomic E-state index is -0.00464. The number of benzene rings is 1. The number of nitrogens with zero attached hydrogens (tertiary/aromatic N) is 2. The van der Waals surface area contributed by atoms with E-state index in [0.29, 0.717) is 13.1 Å². The van der Waals surface area contributed by atoms with Crippen molar-refractivity contribution in [3.05, 3.63) is 28.2 Å². The monoisotopic (exact) mass is 354 g/mol. The van der Waals surface area contributed by atoms with E-state index in [2.05, 4.69) is 15.9 Å². The van der Waals surface area contributed by atoms with E-state index in [0.717, 1.165) is 22.2 Å². The summed E-state index contributed by atoms with van der Waals surface area (Å²) in [5.41, 5.74) is 0.966. The summed E-state index contributed by atoms with van der Waals surface area (Å²) in [6.07, 6.45) is 0.866. The van der Waals surface area contributed by atoms with Gasteiger partial charge in [-0.25, -0.2) is 0 Å². The number of methoxy groups -OCH3 is 1. The van der Waals surface area contributed by atoms with Gasteiger partial charge in [0.1, 0.15) is 12.3 Å². The van der Waals surface area contributed by atoms with Gasteiger partial charge in [-0.3, -0.25) is 9.59 Å². The molecular formula is C15H19BrN2O3. The van der Waals surface area contributed by atoms with Gasteiger partial charge in [0.15, 0.2) is 0 Å². The Morgan fingerprint density at radius 2 is 1.86 bits per heavy atom. The van der Waals surface area contributed by atoms with E-state index >= 15 is 0 Å². The van der Waals surface area contributed by atoms with Crippen LogP contribution in [-0.2, 0) is 16.1 Å². The summed E-state index contributed by atoms with van der Waals surface area (Å²) in [4.78, 5) is 27.4. The van der Waals surface area contributed by atoms with E-state index in [-0.39, 0.29) is 24.9 Å². The Balaban J connectivity index is 2.05. The molecule has 1 aromatic carbocycles. The van der Waals surface area contributed by atoms with Gasteiger partial charge < -0.3 is 14.5 Å². The highest BCUT2D eigenvalue weighted by Gasteiger charge is 2.29. The number of piperazine rings is 1. The quantitative estimate of drug-likeness (QED) is 0.812. The van der Waals surface area contributed by atoms with Crippen molar-refractivity contribution in [2.24, 2.45) is 0 Å². The zero-order chi connectivity index (χ0) is 15.4. The van der Waals surface area contributed by atoms with Crippen molar-refractivity contribution < 1.29 is 14.3 Å². The molecule has 0 atom stereocenters. The van der Waals surface area contributed by atoms with Crippen LogP contribution in [0.25, 0.3) is 0 Å². The number of amides is 2. The van der Waals surface area contributed by atoms with Crippen molar-refractivity contribution in [2.75, 3.05) is 26.7 Å². The number of hydrogen-bond donors (Lipinski definition) is 0. The van der Waals surface area contributed by atoms with Crippen LogP contribution >= 0.6 is 15.9 Å². The Morgan fingerprint density at radius 1 is 1.19 bits per heavy atom. The first kappa shape index (κ1) is 15.8. The molecule has 21 heavy (non-hydrogen) atoms. The fourth-order valence-corrected chi connectivity index (χ4v) is 2.94. The molecule has 0 radical (unpaired) electrons. The van der Waals surface area contributed by atoms with Crippen molar-refractivity contribution >= 4 is 27.7 Å². The smallest absolute Gasteiger partial charge is 0.242 e. The van der Waals surface area contributed by atoms with Gasteiger partial charge in [0.05, 0.1) is 18.1 Å². The van der Waals surface area contributed by atoms with Gasteiger partial charge in [-0.05, 0) is 40.0 Å². The lowest BCUT2D eigenvalue weighted by molar-refractivity contribution is -0.150. The molecule has 0 aliphatic carbocycles. The van der Waals surface area contributed by atoms with Gasteiger partial charge >= 0.3 is 0 Å². The summed E-state index contributed by atoms with van der Waals surface area (Å²) in [5, 5.41) is 0. The van der Waals surface area contributed by atoms with Crippen LogP contribution in [0, 0.1) is 0 Å². The highest BCUT2D eigenvalue weighted by Crippen LogP contribution is 2.26. The van der Waals surface area contributed by atoms with Crippen LogP contribution in [0.15, 0.2) is 22.7 Å². The van der Waals surface area contributed by atoms with Crippen molar-refractivity contribution in [2.45, 2.75) is 19.9 Å². The van der Waals surface area contributed by atoms with E-state index in [1.165, 1.54) is 0 Å². The molecule has 1 heterocycles. The van der Waals surface area contributed by atoms with Gasteiger partial charge in [0.25, 0.3) is 0 Å². The zero-order valence-corrected chi connectivity index (χ0v) is 13.9.